The molecule has 0 aromatic heterocycles. The first-order valence-corrected chi connectivity index (χ1v) is 2.84. The summed E-state index contributed by atoms with van der Waals surface area (Å²) < 4.78 is 3.74. The van der Waals surface area contributed by atoms with Gasteiger partial charge in [0.25, 0.3) is 0 Å². The number of carbonyl (C=O) groups excluding carboxylic acids is 3. The predicted molar refractivity (Wildman–Crippen MR) is 130 cm³/mol. The number of rotatable bonds is 2. The second kappa shape index (κ2) is 334. The molecule has 0 aromatic rings. The van der Waals surface area contributed by atoms with E-state index in [4.69, 9.17) is 9.59 Å². The van der Waals surface area contributed by atoms with Gasteiger partial charge in [0.1, 0.15) is 0 Å². The molecule has 0 heterocycles. The Hall–Kier alpha value is 0.675. The second-order valence-electron chi connectivity index (χ2n) is 1.48. The third-order valence-corrected chi connectivity index (χ3v) is 0.266. The van der Waals surface area contributed by atoms with E-state index in [2.05, 4.69) is 4.74 Å². The quantitative estimate of drug-likeness (QED) is 0.219. The van der Waals surface area contributed by atoms with Crippen LogP contribution in [-0.4, -0.2) is 45.3 Å². The number of methoxy groups -OCH3 is 1. The van der Waals surface area contributed by atoms with Gasteiger partial charge in [0.15, 0.2) is 0 Å². The molecule has 0 radical (unpaired) electrons. The number of amides is 1. The van der Waals surface area contributed by atoms with Crippen molar-refractivity contribution in [1.29, 1.82) is 0 Å². The Morgan fingerprint density at radius 3 is 0.679 bits per heavy atom. The molecule has 0 bridgehead atoms. The van der Waals surface area contributed by atoms with E-state index in [1.165, 1.54) is 31.7 Å². The van der Waals surface area contributed by atoms with E-state index in [1.54, 1.807) is 20.5 Å². The maximum absolute atomic E-state index is 9.31. The molecular formula is C20H61NO4W3. The van der Waals surface area contributed by atoms with Crippen molar-refractivity contribution >= 4 is 19.2 Å². The van der Waals surface area contributed by atoms with Gasteiger partial charge in [-0.25, -0.2) is 0 Å². The van der Waals surface area contributed by atoms with Crippen molar-refractivity contribution in [3.63, 3.8) is 0 Å². The van der Waals surface area contributed by atoms with Crippen LogP contribution in [0.5, 0.6) is 0 Å². The fourth-order valence-corrected chi connectivity index (χ4v) is 0. The summed E-state index contributed by atoms with van der Waals surface area (Å²) >= 11 is 0. The van der Waals surface area contributed by atoms with Crippen LogP contribution in [0.4, 0.5) is 0 Å². The Kier molecular flexibility index (Phi) is 2800. The van der Waals surface area contributed by atoms with Gasteiger partial charge in [-0.05, 0) is 14.1 Å². The van der Waals surface area contributed by atoms with Crippen LogP contribution in [0.25, 0.3) is 0 Å². The Morgan fingerprint density at radius 1 is 0.607 bits per heavy atom. The molecule has 0 atom stereocenters. The summed E-state index contributed by atoms with van der Waals surface area (Å²) in [5, 5.41) is 0. The molecule has 0 aliphatic carbocycles. The minimum Gasteiger partial charge on any atom is -0.655 e. The van der Waals surface area contributed by atoms with Crippen LogP contribution >= 0.6 is 0 Å². The van der Waals surface area contributed by atoms with Crippen molar-refractivity contribution < 1.29 is 82.3 Å². The van der Waals surface area contributed by atoms with E-state index in [1.807, 2.05) is 0 Å². The zero-order valence-electron chi connectivity index (χ0n) is 11.8. The molecule has 0 spiro atoms. The van der Waals surface area contributed by atoms with Gasteiger partial charge >= 0.3 is 63.2 Å². The molecule has 0 fully saturated rings. The van der Waals surface area contributed by atoms with Crippen molar-refractivity contribution in [2.24, 2.45) is 0 Å². The molecule has 1 amide bonds. The standard InChI is InChI=1S/C3H6NO.C2H3O2.C2H3O.10CH4.3CH3.3W/c1-4(2)3-5;1-4-2-3;1-2-3;;;;;;;;;;;;;;;;/h1-2H3;1H3;1H3;10*1H4;3*1H3;;;/q3*-1;;;;;;;;;;;3*-1;3*+2. The molecule has 0 rings (SSSR count). The van der Waals surface area contributed by atoms with E-state index in [0.29, 0.717) is 0 Å². The van der Waals surface area contributed by atoms with E-state index in [9.17, 15) is 4.79 Å². The summed E-state index contributed by atoms with van der Waals surface area (Å²) in [5.41, 5.74) is 0. The largest absolute Gasteiger partial charge is 2.00 e. The number of ether oxygens (including phenoxy) is 1. The zero-order valence-corrected chi connectivity index (χ0v) is 20.6. The van der Waals surface area contributed by atoms with Crippen molar-refractivity contribution in [2.75, 3.05) is 21.2 Å². The molecule has 8 heteroatoms. The van der Waals surface area contributed by atoms with Crippen molar-refractivity contribution in [2.45, 2.75) is 81.2 Å². The number of nitrogens with zero attached hydrogens (tertiary/aromatic N) is 1. The summed E-state index contributed by atoms with van der Waals surface area (Å²) in [6.07, 6.45) is 3.11. The van der Waals surface area contributed by atoms with Gasteiger partial charge in [0, 0.05) is 7.11 Å². The fourth-order valence-electron chi connectivity index (χ4n) is 0. The van der Waals surface area contributed by atoms with E-state index < -0.39 is 0 Å². The molecule has 0 saturated heterocycles. The van der Waals surface area contributed by atoms with E-state index >= 15 is 0 Å². The SMILES string of the molecule is C.C.C.C.C.C.C.C.C.C.CN(C)[C-]=O.CO[C-]=O.C[C-]=O.[CH3-].[CH3-].[CH3-].[W+2].[W+2].[W+2]. The van der Waals surface area contributed by atoms with Gasteiger partial charge in [-0.1, -0.05) is 80.7 Å². The normalized spacial score (nSPS) is 2.43. The molecule has 0 aliphatic heterocycles. The van der Waals surface area contributed by atoms with Crippen LogP contribution in [-0.2, 0) is 82.3 Å². The van der Waals surface area contributed by atoms with Crippen LogP contribution in [0.3, 0.4) is 0 Å². The number of hydrogen-bond donors (Lipinski definition) is 0. The van der Waals surface area contributed by atoms with Crippen LogP contribution in [0.2, 0.25) is 0 Å². The summed E-state index contributed by atoms with van der Waals surface area (Å²) in [6.45, 7) is 2.50. The van der Waals surface area contributed by atoms with Gasteiger partial charge in [0.2, 0.25) is 0 Å². The maximum atomic E-state index is 9.31. The minimum absolute atomic E-state index is 0. The summed E-state index contributed by atoms with van der Waals surface area (Å²) in [5.74, 6) is 0. The average Bonchev–Trinajstić information content (AvgIpc) is 2.06. The summed E-state index contributed by atoms with van der Waals surface area (Å²) in [4.78, 5) is 28.1. The van der Waals surface area contributed by atoms with Crippen LogP contribution in [0.1, 0.15) is 81.2 Å². The first kappa shape index (κ1) is 235. The Labute approximate surface area is 229 Å². The Bertz CT molecular complexity index is 124. The average molecular weight is 931 g/mol. The Balaban J connectivity index is -0.00000000201. The van der Waals surface area contributed by atoms with Gasteiger partial charge in [-0.3, -0.25) is 6.29 Å². The fraction of sp³-hybridized carbons (Fsp3) is 0.700. The summed E-state index contributed by atoms with van der Waals surface area (Å²) in [7, 11) is 4.52. The third-order valence-electron chi connectivity index (χ3n) is 0.266. The monoisotopic (exact) mass is 931 g/mol. The van der Waals surface area contributed by atoms with E-state index in [-0.39, 0.29) is 160 Å². The van der Waals surface area contributed by atoms with E-state index in [0.717, 1.165) is 0 Å². The van der Waals surface area contributed by atoms with Gasteiger partial charge in [0.05, 0.1) is 0 Å². The van der Waals surface area contributed by atoms with Crippen molar-refractivity contribution in [3.05, 3.63) is 22.3 Å². The minimum atomic E-state index is 0. The zero-order chi connectivity index (χ0) is 10.4. The molecule has 28 heavy (non-hydrogen) atoms. The van der Waals surface area contributed by atoms with Crippen LogP contribution in [0.15, 0.2) is 0 Å². The molecule has 0 aliphatic rings. The first-order valence-electron chi connectivity index (χ1n) is 2.84. The topological polar surface area (TPSA) is 63.7 Å². The third kappa shape index (κ3) is 1300. The molecule has 0 saturated carbocycles. The first-order chi connectivity index (χ1) is 5.60. The Morgan fingerprint density at radius 2 is 0.679 bits per heavy atom. The van der Waals surface area contributed by atoms with Crippen LogP contribution < -0.4 is 0 Å². The molecule has 0 N–H and O–H groups in total. The van der Waals surface area contributed by atoms with Gasteiger partial charge in [-0.2, -0.15) is 13.3 Å². The maximum Gasteiger partial charge on any atom is 2.00 e. The van der Waals surface area contributed by atoms with Crippen LogP contribution in [0, 0.1) is 22.3 Å². The summed E-state index contributed by atoms with van der Waals surface area (Å²) in [6, 6.07) is 0. The van der Waals surface area contributed by atoms with Crippen molar-refractivity contribution in [3.8, 4) is 0 Å². The molecule has 0 aromatic carbocycles. The molecule has 188 valence electrons. The van der Waals surface area contributed by atoms with Crippen molar-refractivity contribution in [1.82, 2.24) is 4.90 Å². The smallest absolute Gasteiger partial charge is 0.655 e. The predicted octanol–water partition coefficient (Wildman–Crippen LogP) is 7.14. The number of hydrogen-bond acceptors (Lipinski definition) is 4. The molecular weight excluding hydrogens is 870 g/mol. The molecule has 5 nitrogen and oxygen atoms in total. The van der Waals surface area contributed by atoms with Gasteiger partial charge in [-0.15, -0.1) is 0 Å². The second-order valence-corrected chi connectivity index (χ2v) is 1.48. The molecule has 0 unspecified atom stereocenters. The van der Waals surface area contributed by atoms with Gasteiger partial charge < -0.3 is 46.3 Å².